The highest BCUT2D eigenvalue weighted by Gasteiger charge is 2.59. The summed E-state index contributed by atoms with van der Waals surface area (Å²) in [6.07, 6.45) is 16.1. The van der Waals surface area contributed by atoms with Gasteiger partial charge in [0.15, 0.2) is 0 Å². The van der Waals surface area contributed by atoms with Gasteiger partial charge in [0, 0.05) is 32.6 Å². The van der Waals surface area contributed by atoms with Crippen LogP contribution >= 0.6 is 0 Å². The monoisotopic (exact) mass is 615 g/mol. The lowest BCUT2D eigenvalue weighted by Crippen LogP contribution is -2.51. The lowest BCUT2D eigenvalue weighted by molar-refractivity contribution is -0.153. The molecule has 0 aromatic heterocycles. The summed E-state index contributed by atoms with van der Waals surface area (Å²) in [4.78, 5) is 27.3. The molecule has 0 bridgehead atoms. The van der Waals surface area contributed by atoms with Gasteiger partial charge < -0.3 is 14.8 Å². The predicted octanol–water partition coefficient (Wildman–Crippen LogP) is 7.80. The quantitative estimate of drug-likeness (QED) is 0.146. The largest absolute Gasteiger partial charge is 0.462 e. The Morgan fingerprint density at radius 3 is 2.50 bits per heavy atom. The van der Waals surface area contributed by atoms with E-state index in [0.717, 1.165) is 87.6 Å². The number of ether oxygens (including phenoxy) is 2. The van der Waals surface area contributed by atoms with Crippen molar-refractivity contribution in [2.45, 2.75) is 132 Å². The maximum atomic E-state index is 12.7. The number of hydrogen-bond acceptors (Lipinski definition) is 5. The van der Waals surface area contributed by atoms with E-state index < -0.39 is 0 Å². The van der Waals surface area contributed by atoms with Gasteiger partial charge in [0.25, 0.3) is 0 Å². The van der Waals surface area contributed by atoms with E-state index in [9.17, 15) is 9.59 Å². The number of carbonyl (C=O) groups is 2. The third kappa shape index (κ3) is 8.11. The Morgan fingerprint density at radius 1 is 1.02 bits per heavy atom. The zero-order chi connectivity index (χ0) is 31.9. The number of rotatable bonds is 11. The summed E-state index contributed by atoms with van der Waals surface area (Å²) in [6.45, 7) is 21.1. The fraction of sp³-hybridized carbons (Fsp3) is 0.895. The van der Waals surface area contributed by atoms with E-state index in [-0.39, 0.29) is 29.8 Å². The van der Waals surface area contributed by atoms with Gasteiger partial charge in [-0.25, -0.2) is 0 Å². The first-order chi connectivity index (χ1) is 21.1. The minimum absolute atomic E-state index is 0.0917. The maximum Gasteiger partial charge on any atom is 0.315 e. The third-order valence-electron chi connectivity index (χ3n) is 12.7. The molecule has 5 rings (SSSR count). The Balaban J connectivity index is 0.00000216. The standard InChI is InChI=1S/C36H60N2O4.C2H6/c1-25(2)7-6-8-26(3)30-11-12-31-29-10-9-27-23-28(13-15-35(27,4)32(29)14-16-36(30,31)5)42-34(40)24-33(39)37-17-18-38-19-21-41-22-20-38;1-2/h9,25-26,28-32H,6-8,10-24H2,1-5H3,(H,37,39);1-2H3/t26-,28?,29?,30?,31?,32?,35?,36?;/m1./s1. The topological polar surface area (TPSA) is 67.9 Å². The smallest absolute Gasteiger partial charge is 0.315 e. The third-order valence-corrected chi connectivity index (χ3v) is 12.7. The van der Waals surface area contributed by atoms with Crippen molar-refractivity contribution in [2.24, 2.45) is 46.3 Å². The summed E-state index contributed by atoms with van der Waals surface area (Å²) in [5.74, 6) is 4.37. The lowest BCUT2D eigenvalue weighted by atomic mass is 9.47. The fourth-order valence-corrected chi connectivity index (χ4v) is 10.4. The molecule has 1 saturated heterocycles. The first-order valence-electron chi connectivity index (χ1n) is 18.6. The number of hydrogen-bond donors (Lipinski definition) is 1. The Labute approximate surface area is 269 Å². The number of nitrogens with one attached hydrogen (secondary N) is 1. The van der Waals surface area contributed by atoms with Crippen molar-refractivity contribution in [3.63, 3.8) is 0 Å². The van der Waals surface area contributed by atoms with E-state index in [1.54, 1.807) is 0 Å². The molecule has 6 heteroatoms. The lowest BCUT2D eigenvalue weighted by Gasteiger charge is -2.58. The summed E-state index contributed by atoms with van der Waals surface area (Å²) in [7, 11) is 0. The number of nitrogens with zero attached hydrogens (tertiary/aromatic N) is 1. The molecule has 1 aliphatic heterocycles. The van der Waals surface area contributed by atoms with Crippen LogP contribution in [0, 0.1) is 46.3 Å². The summed E-state index contributed by atoms with van der Waals surface area (Å²) in [5.41, 5.74) is 2.28. The zero-order valence-electron chi connectivity index (χ0n) is 29.4. The van der Waals surface area contributed by atoms with Gasteiger partial charge in [-0.15, -0.1) is 0 Å². The van der Waals surface area contributed by atoms with Crippen molar-refractivity contribution in [2.75, 3.05) is 39.4 Å². The Hall–Kier alpha value is -1.40. The van der Waals surface area contributed by atoms with E-state index in [1.165, 1.54) is 56.9 Å². The number of morpholine rings is 1. The summed E-state index contributed by atoms with van der Waals surface area (Å²) < 4.78 is 11.3. The SMILES string of the molecule is CC.CC(C)CCC[C@@H](C)C1CCC2C3CC=C4CC(OC(=O)CC(=O)NCCN5CCOCC5)CCC4(C)C3CCC21C. The van der Waals surface area contributed by atoms with Crippen molar-refractivity contribution in [1.29, 1.82) is 0 Å². The number of fused-ring (bicyclic) bond motifs is 5. The fourth-order valence-electron chi connectivity index (χ4n) is 10.4. The van der Waals surface area contributed by atoms with Crippen LogP contribution in [-0.2, 0) is 19.1 Å². The van der Waals surface area contributed by atoms with Crippen LogP contribution in [0.3, 0.4) is 0 Å². The van der Waals surface area contributed by atoms with Gasteiger partial charge >= 0.3 is 5.97 Å². The second-order valence-corrected chi connectivity index (χ2v) is 15.6. The highest BCUT2D eigenvalue weighted by molar-refractivity contribution is 5.94. The molecule has 5 aliphatic rings. The van der Waals surface area contributed by atoms with Crippen LogP contribution in [0.4, 0.5) is 0 Å². The minimum Gasteiger partial charge on any atom is -0.462 e. The number of amides is 1. The van der Waals surface area contributed by atoms with Gasteiger partial charge in [-0.1, -0.05) is 79.4 Å². The van der Waals surface area contributed by atoms with Crippen molar-refractivity contribution < 1.29 is 19.1 Å². The number of esters is 1. The Kier molecular flexibility index (Phi) is 12.8. The average molecular weight is 615 g/mol. The molecule has 1 heterocycles. The molecule has 0 aromatic rings. The van der Waals surface area contributed by atoms with Crippen LogP contribution in [0.15, 0.2) is 11.6 Å². The highest BCUT2D eigenvalue weighted by atomic mass is 16.5. The summed E-state index contributed by atoms with van der Waals surface area (Å²) in [5, 5.41) is 2.89. The van der Waals surface area contributed by atoms with Crippen LogP contribution in [0.2, 0.25) is 0 Å². The molecular formula is C38H66N2O4. The van der Waals surface area contributed by atoms with Crippen molar-refractivity contribution in [3.8, 4) is 0 Å². The molecule has 1 amide bonds. The summed E-state index contributed by atoms with van der Waals surface area (Å²) in [6, 6.07) is 0. The molecule has 6 nitrogen and oxygen atoms in total. The molecular weight excluding hydrogens is 548 g/mol. The molecule has 0 aromatic carbocycles. The van der Waals surface area contributed by atoms with Gasteiger partial charge in [-0.2, -0.15) is 0 Å². The van der Waals surface area contributed by atoms with E-state index >= 15 is 0 Å². The van der Waals surface area contributed by atoms with Crippen LogP contribution in [0.1, 0.15) is 126 Å². The minimum atomic E-state index is -0.380. The molecule has 8 atom stereocenters. The molecule has 3 saturated carbocycles. The normalized spacial score (nSPS) is 35.7. The van der Waals surface area contributed by atoms with E-state index in [2.05, 4.69) is 50.9 Å². The van der Waals surface area contributed by atoms with Gasteiger partial charge in [0.1, 0.15) is 12.5 Å². The predicted molar refractivity (Wildman–Crippen MR) is 179 cm³/mol. The number of allylic oxidation sites excluding steroid dienone is 1. The maximum absolute atomic E-state index is 12.7. The van der Waals surface area contributed by atoms with Crippen LogP contribution in [0.25, 0.3) is 0 Å². The van der Waals surface area contributed by atoms with Crippen LogP contribution in [0.5, 0.6) is 0 Å². The number of carbonyl (C=O) groups excluding carboxylic acids is 2. The second-order valence-electron chi connectivity index (χ2n) is 15.6. The van der Waals surface area contributed by atoms with E-state index in [4.69, 9.17) is 9.47 Å². The first-order valence-corrected chi connectivity index (χ1v) is 18.6. The second kappa shape index (κ2) is 15.9. The summed E-state index contributed by atoms with van der Waals surface area (Å²) >= 11 is 0. The Bertz CT molecular complexity index is 974. The molecule has 4 fully saturated rings. The molecule has 44 heavy (non-hydrogen) atoms. The van der Waals surface area contributed by atoms with Crippen molar-refractivity contribution in [3.05, 3.63) is 11.6 Å². The molecule has 0 spiro atoms. The van der Waals surface area contributed by atoms with Gasteiger partial charge in [0.2, 0.25) is 5.91 Å². The molecule has 252 valence electrons. The van der Waals surface area contributed by atoms with Gasteiger partial charge in [-0.05, 0) is 91.3 Å². The van der Waals surface area contributed by atoms with Crippen LogP contribution in [-0.4, -0.2) is 62.3 Å². The average Bonchev–Trinajstić information content (AvgIpc) is 3.36. The molecule has 0 radical (unpaired) electrons. The molecule has 1 N–H and O–H groups in total. The van der Waals surface area contributed by atoms with E-state index in [0.29, 0.717) is 12.0 Å². The molecule has 4 aliphatic carbocycles. The zero-order valence-corrected chi connectivity index (χ0v) is 29.4. The Morgan fingerprint density at radius 2 is 1.77 bits per heavy atom. The van der Waals surface area contributed by atoms with E-state index in [1.807, 2.05) is 13.8 Å². The van der Waals surface area contributed by atoms with Gasteiger partial charge in [-0.3, -0.25) is 14.5 Å². The molecule has 7 unspecified atom stereocenters. The highest BCUT2D eigenvalue weighted by Crippen LogP contribution is 2.67. The van der Waals surface area contributed by atoms with Crippen molar-refractivity contribution in [1.82, 2.24) is 10.2 Å². The van der Waals surface area contributed by atoms with Crippen LogP contribution < -0.4 is 5.32 Å². The first kappa shape index (κ1) is 35.5. The van der Waals surface area contributed by atoms with Gasteiger partial charge in [0.05, 0.1) is 13.2 Å². The van der Waals surface area contributed by atoms with Crippen molar-refractivity contribution >= 4 is 11.9 Å².